The van der Waals surface area contributed by atoms with Gasteiger partial charge in [-0.1, -0.05) is 12.1 Å². The molecule has 1 aliphatic heterocycles. The van der Waals surface area contributed by atoms with Gasteiger partial charge in [0.15, 0.2) is 11.5 Å². The van der Waals surface area contributed by atoms with Crippen molar-refractivity contribution in [1.29, 1.82) is 0 Å². The van der Waals surface area contributed by atoms with Crippen molar-refractivity contribution < 1.29 is 19.2 Å². The van der Waals surface area contributed by atoms with E-state index in [-0.39, 0.29) is 5.91 Å². The van der Waals surface area contributed by atoms with Gasteiger partial charge in [-0.3, -0.25) is 10.2 Å². The summed E-state index contributed by atoms with van der Waals surface area (Å²) in [5.41, 5.74) is 3.70. The van der Waals surface area contributed by atoms with Crippen molar-refractivity contribution >= 4 is 12.0 Å². The van der Waals surface area contributed by atoms with Crippen molar-refractivity contribution in [2.45, 2.75) is 0 Å². The quantitative estimate of drug-likeness (QED) is 0.726. The first-order valence-electron chi connectivity index (χ1n) is 7.40. The lowest BCUT2D eigenvalue weighted by atomic mass is 10.1. The molecule has 1 aliphatic rings. The molecule has 6 nitrogen and oxygen atoms in total. The molecule has 0 bridgehead atoms. The molecule has 0 atom stereocenters. The lowest BCUT2D eigenvalue weighted by molar-refractivity contribution is -0.884. The highest BCUT2D eigenvalue weighted by Crippen LogP contribution is 2.31. The Morgan fingerprint density at radius 1 is 1.27 bits per heavy atom. The van der Waals surface area contributed by atoms with Crippen molar-refractivity contribution in [3.8, 4) is 11.5 Å². The summed E-state index contributed by atoms with van der Waals surface area (Å²) in [4.78, 5) is 13.5. The largest absolute Gasteiger partial charge is 0.493 e. The zero-order valence-corrected chi connectivity index (χ0v) is 13.4. The van der Waals surface area contributed by atoms with Gasteiger partial charge in [0, 0.05) is 11.6 Å². The molecule has 0 saturated carbocycles. The average molecular weight is 306 g/mol. The highest BCUT2D eigenvalue weighted by atomic mass is 16.5. The number of piperazine rings is 1. The third kappa shape index (κ3) is 4.22. The van der Waals surface area contributed by atoms with Crippen LogP contribution >= 0.6 is 0 Å². The third-order valence-electron chi connectivity index (χ3n) is 3.73. The number of rotatable bonds is 5. The van der Waals surface area contributed by atoms with Crippen LogP contribution in [0.1, 0.15) is 5.56 Å². The number of para-hydroxylation sites is 1. The maximum absolute atomic E-state index is 12.0. The minimum Gasteiger partial charge on any atom is -0.493 e. The maximum Gasteiger partial charge on any atom is 0.258 e. The summed E-state index contributed by atoms with van der Waals surface area (Å²) >= 11 is 0. The van der Waals surface area contributed by atoms with Gasteiger partial charge in [-0.2, -0.15) is 0 Å². The van der Waals surface area contributed by atoms with Crippen molar-refractivity contribution in [1.82, 2.24) is 10.4 Å². The second kappa shape index (κ2) is 7.82. The fraction of sp³-hybridized carbons (Fsp3) is 0.438. The number of hydrazine groups is 1. The van der Waals surface area contributed by atoms with E-state index < -0.39 is 0 Å². The standard InChI is InChI=1S/C16H23N3O3/c1-18-9-11-19(12-10-18)17-15(20)8-7-13-5-4-6-14(21-2)16(13)22-3/h4-8H,9-12H2,1-3H3,(H,17,20)/p+1/b8-7+. The van der Waals surface area contributed by atoms with Gasteiger partial charge in [0.2, 0.25) is 0 Å². The molecule has 2 rings (SSSR count). The molecule has 0 aromatic heterocycles. The van der Waals surface area contributed by atoms with E-state index in [1.165, 1.54) is 11.0 Å². The molecule has 1 heterocycles. The number of amides is 1. The van der Waals surface area contributed by atoms with Gasteiger partial charge in [-0.05, 0) is 12.1 Å². The van der Waals surface area contributed by atoms with Crippen LogP contribution in [-0.2, 0) is 4.79 Å². The Balaban J connectivity index is 1.98. The van der Waals surface area contributed by atoms with Gasteiger partial charge in [0.1, 0.15) is 0 Å². The number of carbonyl (C=O) groups is 1. The van der Waals surface area contributed by atoms with Crippen LogP contribution in [0.5, 0.6) is 11.5 Å². The zero-order valence-electron chi connectivity index (χ0n) is 13.4. The van der Waals surface area contributed by atoms with Crippen LogP contribution in [0.25, 0.3) is 6.08 Å². The van der Waals surface area contributed by atoms with Gasteiger partial charge in [0.25, 0.3) is 5.91 Å². The first kappa shape index (κ1) is 16.3. The lowest BCUT2D eigenvalue weighted by Gasteiger charge is -2.29. The monoisotopic (exact) mass is 306 g/mol. The van der Waals surface area contributed by atoms with E-state index in [9.17, 15) is 4.79 Å². The van der Waals surface area contributed by atoms with E-state index in [0.29, 0.717) is 11.5 Å². The number of ether oxygens (including phenoxy) is 2. The highest BCUT2D eigenvalue weighted by Gasteiger charge is 2.17. The number of likely N-dealkylation sites (N-methyl/N-ethyl adjacent to an activating group) is 1. The highest BCUT2D eigenvalue weighted by molar-refractivity contribution is 5.91. The summed E-state index contributed by atoms with van der Waals surface area (Å²) in [6.45, 7) is 3.81. The van der Waals surface area contributed by atoms with E-state index >= 15 is 0 Å². The molecule has 0 spiro atoms. The SMILES string of the molecule is COc1cccc(/C=C/C(=O)NN2CC[NH+](C)CC2)c1OC. The molecule has 1 aromatic rings. The number of nitrogens with zero attached hydrogens (tertiary/aromatic N) is 1. The molecule has 2 N–H and O–H groups in total. The Hall–Kier alpha value is -2.05. The minimum absolute atomic E-state index is 0.135. The second-order valence-electron chi connectivity index (χ2n) is 5.34. The number of quaternary nitrogens is 1. The molecule has 0 aliphatic carbocycles. The van der Waals surface area contributed by atoms with Gasteiger partial charge in [-0.15, -0.1) is 0 Å². The van der Waals surface area contributed by atoms with Crippen LogP contribution in [0.4, 0.5) is 0 Å². The molecule has 22 heavy (non-hydrogen) atoms. The first-order chi connectivity index (χ1) is 10.6. The van der Waals surface area contributed by atoms with Crippen LogP contribution in [-0.4, -0.2) is 58.4 Å². The molecule has 6 heteroatoms. The molecule has 1 aromatic carbocycles. The van der Waals surface area contributed by atoms with E-state index in [4.69, 9.17) is 9.47 Å². The smallest absolute Gasteiger partial charge is 0.258 e. The van der Waals surface area contributed by atoms with Crippen molar-refractivity contribution in [2.75, 3.05) is 47.4 Å². The summed E-state index contributed by atoms with van der Waals surface area (Å²) < 4.78 is 10.6. The Morgan fingerprint density at radius 2 is 2.00 bits per heavy atom. The summed E-state index contributed by atoms with van der Waals surface area (Å²) in [6.07, 6.45) is 3.25. The van der Waals surface area contributed by atoms with Crippen LogP contribution in [0.3, 0.4) is 0 Å². The van der Waals surface area contributed by atoms with Gasteiger partial charge >= 0.3 is 0 Å². The Morgan fingerprint density at radius 3 is 2.64 bits per heavy atom. The molecular formula is C16H24N3O3+. The number of methoxy groups -OCH3 is 2. The lowest BCUT2D eigenvalue weighted by Crippen LogP contribution is -3.12. The number of benzene rings is 1. The number of carbonyl (C=O) groups excluding carboxylic acids is 1. The third-order valence-corrected chi connectivity index (χ3v) is 3.73. The summed E-state index contributed by atoms with van der Waals surface area (Å²) in [7, 11) is 5.34. The average Bonchev–Trinajstić information content (AvgIpc) is 2.54. The Bertz CT molecular complexity index is 537. The molecule has 1 amide bonds. The van der Waals surface area contributed by atoms with Crippen LogP contribution in [0, 0.1) is 0 Å². The van der Waals surface area contributed by atoms with Crippen LogP contribution < -0.4 is 19.8 Å². The minimum atomic E-state index is -0.135. The molecule has 1 saturated heterocycles. The van der Waals surface area contributed by atoms with E-state index in [1.807, 2.05) is 23.2 Å². The Kier molecular flexibility index (Phi) is 5.80. The van der Waals surface area contributed by atoms with Gasteiger partial charge in [-0.25, -0.2) is 5.01 Å². The predicted molar refractivity (Wildman–Crippen MR) is 84.9 cm³/mol. The molecule has 120 valence electrons. The molecule has 1 fully saturated rings. The summed E-state index contributed by atoms with van der Waals surface area (Å²) in [5, 5.41) is 1.96. The Labute approximate surface area is 131 Å². The molecule has 0 radical (unpaired) electrons. The van der Waals surface area contributed by atoms with E-state index in [2.05, 4.69) is 12.5 Å². The van der Waals surface area contributed by atoms with Crippen molar-refractivity contribution in [3.63, 3.8) is 0 Å². The summed E-state index contributed by atoms with van der Waals surface area (Å²) in [6, 6.07) is 5.56. The fourth-order valence-corrected chi connectivity index (χ4v) is 2.40. The number of hydrogen-bond donors (Lipinski definition) is 2. The maximum atomic E-state index is 12.0. The first-order valence-corrected chi connectivity index (χ1v) is 7.40. The number of hydrogen-bond acceptors (Lipinski definition) is 4. The second-order valence-corrected chi connectivity index (χ2v) is 5.34. The van der Waals surface area contributed by atoms with Crippen molar-refractivity contribution in [3.05, 3.63) is 29.8 Å². The molecule has 0 unspecified atom stereocenters. The van der Waals surface area contributed by atoms with Gasteiger partial charge in [0.05, 0.1) is 47.4 Å². The normalized spacial score (nSPS) is 16.7. The molecular weight excluding hydrogens is 282 g/mol. The zero-order chi connectivity index (χ0) is 15.9. The van der Waals surface area contributed by atoms with Crippen LogP contribution in [0.2, 0.25) is 0 Å². The van der Waals surface area contributed by atoms with Crippen LogP contribution in [0.15, 0.2) is 24.3 Å². The number of nitrogens with one attached hydrogen (secondary N) is 2. The fourth-order valence-electron chi connectivity index (χ4n) is 2.40. The summed E-state index contributed by atoms with van der Waals surface area (Å²) in [5.74, 6) is 1.13. The van der Waals surface area contributed by atoms with Gasteiger partial charge < -0.3 is 14.4 Å². The van der Waals surface area contributed by atoms with Crippen molar-refractivity contribution in [2.24, 2.45) is 0 Å². The van der Waals surface area contributed by atoms with E-state index in [0.717, 1.165) is 31.7 Å². The predicted octanol–water partition coefficient (Wildman–Crippen LogP) is -0.421. The van der Waals surface area contributed by atoms with E-state index in [1.54, 1.807) is 20.3 Å². The topological polar surface area (TPSA) is 55.2 Å².